The van der Waals surface area contributed by atoms with E-state index >= 15 is 0 Å². The van der Waals surface area contributed by atoms with Crippen LogP contribution in [0.5, 0.6) is 0 Å². The zero-order valence-electron chi connectivity index (χ0n) is 11.6. The first kappa shape index (κ1) is 15.1. The van der Waals surface area contributed by atoms with Crippen LogP contribution >= 0.6 is 0 Å². The fourth-order valence-electron chi connectivity index (χ4n) is 2.43. The molecule has 0 atom stereocenters. The lowest BCUT2D eigenvalue weighted by Crippen LogP contribution is -2.45. The lowest BCUT2D eigenvalue weighted by Gasteiger charge is -2.32. The molecule has 1 saturated heterocycles. The molecule has 20 heavy (non-hydrogen) atoms. The molecule has 0 saturated carbocycles. The van der Waals surface area contributed by atoms with Gasteiger partial charge in [-0.3, -0.25) is 0 Å². The van der Waals surface area contributed by atoms with Gasteiger partial charge in [0.05, 0.1) is 5.56 Å². The van der Waals surface area contributed by atoms with Crippen molar-refractivity contribution in [2.24, 2.45) is 0 Å². The number of hydrogen-bond acceptors (Lipinski definition) is 3. The largest absolute Gasteiger partial charge is 0.416 e. The van der Waals surface area contributed by atoms with Crippen LogP contribution in [-0.2, 0) is 12.6 Å². The van der Waals surface area contributed by atoms with Crippen molar-refractivity contribution in [3.05, 3.63) is 29.3 Å². The van der Waals surface area contributed by atoms with Crippen molar-refractivity contribution in [1.29, 1.82) is 0 Å². The zero-order valence-corrected chi connectivity index (χ0v) is 11.6. The van der Waals surface area contributed by atoms with Gasteiger partial charge >= 0.3 is 6.18 Å². The molecular weight excluding hydrogens is 267 g/mol. The van der Waals surface area contributed by atoms with Crippen molar-refractivity contribution >= 4 is 5.69 Å². The Morgan fingerprint density at radius 2 is 1.80 bits per heavy atom. The molecule has 0 spiro atoms. The van der Waals surface area contributed by atoms with E-state index in [0.717, 1.165) is 32.2 Å². The zero-order chi connectivity index (χ0) is 14.8. The summed E-state index contributed by atoms with van der Waals surface area (Å²) in [5, 5.41) is 0. The molecule has 0 bridgehead atoms. The highest BCUT2D eigenvalue weighted by atomic mass is 19.4. The van der Waals surface area contributed by atoms with Crippen LogP contribution in [0.15, 0.2) is 18.2 Å². The highest BCUT2D eigenvalue weighted by molar-refractivity contribution is 5.46. The molecule has 2 rings (SSSR count). The number of anilines is 1. The van der Waals surface area contributed by atoms with Crippen LogP contribution in [0, 0.1) is 0 Å². The molecular formula is C14H20F3N3. The van der Waals surface area contributed by atoms with Gasteiger partial charge in [-0.15, -0.1) is 0 Å². The van der Waals surface area contributed by atoms with Gasteiger partial charge < -0.3 is 15.5 Å². The van der Waals surface area contributed by atoms with Crippen LogP contribution in [0.3, 0.4) is 0 Å². The highest BCUT2D eigenvalue weighted by Crippen LogP contribution is 2.33. The molecule has 3 nitrogen and oxygen atoms in total. The van der Waals surface area contributed by atoms with Crippen LogP contribution in [0.25, 0.3) is 0 Å². The molecule has 1 aromatic carbocycles. The van der Waals surface area contributed by atoms with Gasteiger partial charge in [-0.2, -0.15) is 13.2 Å². The van der Waals surface area contributed by atoms with Crippen LogP contribution in [-0.4, -0.2) is 49.6 Å². The van der Waals surface area contributed by atoms with E-state index in [-0.39, 0.29) is 5.69 Å². The van der Waals surface area contributed by atoms with Crippen LogP contribution < -0.4 is 5.73 Å². The lowest BCUT2D eigenvalue weighted by atomic mass is 10.0. The SMILES string of the molecule is CN1CCN(CCc2ccc(N)cc2C(F)(F)F)CC1. The first-order valence-corrected chi connectivity index (χ1v) is 6.73. The summed E-state index contributed by atoms with van der Waals surface area (Å²) in [5.41, 5.74) is 5.34. The number of likely N-dealkylation sites (N-methyl/N-ethyl adjacent to an activating group) is 1. The Hall–Kier alpha value is -1.27. The van der Waals surface area contributed by atoms with Crippen LogP contribution in [0.1, 0.15) is 11.1 Å². The van der Waals surface area contributed by atoms with Gasteiger partial charge in [-0.1, -0.05) is 6.07 Å². The van der Waals surface area contributed by atoms with Gasteiger partial charge in [0, 0.05) is 38.4 Å². The number of benzene rings is 1. The normalized spacial score (nSPS) is 18.4. The Labute approximate surface area is 117 Å². The minimum Gasteiger partial charge on any atom is -0.399 e. The molecule has 0 radical (unpaired) electrons. The number of nitrogens with zero attached hydrogens (tertiary/aromatic N) is 2. The maximum absolute atomic E-state index is 13.0. The highest BCUT2D eigenvalue weighted by Gasteiger charge is 2.33. The molecule has 2 N–H and O–H groups in total. The topological polar surface area (TPSA) is 32.5 Å². The van der Waals surface area contributed by atoms with E-state index in [2.05, 4.69) is 16.8 Å². The van der Waals surface area contributed by atoms with Crippen LogP contribution in [0.4, 0.5) is 18.9 Å². The molecule has 1 aliphatic heterocycles. The molecule has 1 heterocycles. The second-order valence-corrected chi connectivity index (χ2v) is 5.31. The Bertz CT molecular complexity index is 451. The fraction of sp³-hybridized carbons (Fsp3) is 0.571. The number of nitrogens with two attached hydrogens (primary N) is 1. The van der Waals surface area contributed by atoms with Gasteiger partial charge in [-0.05, 0) is 31.2 Å². The summed E-state index contributed by atoms with van der Waals surface area (Å²) in [6.07, 6.45) is -3.94. The number of piperazine rings is 1. The number of hydrogen-bond donors (Lipinski definition) is 1. The number of rotatable bonds is 3. The van der Waals surface area contributed by atoms with Gasteiger partial charge in [0.1, 0.15) is 0 Å². The van der Waals surface area contributed by atoms with Crippen molar-refractivity contribution in [2.45, 2.75) is 12.6 Å². The van der Waals surface area contributed by atoms with E-state index in [4.69, 9.17) is 5.73 Å². The number of alkyl halides is 3. The standard InChI is InChI=1S/C14H20F3N3/c1-19-6-8-20(9-7-19)5-4-11-2-3-12(18)10-13(11)14(15,16)17/h2-3,10H,4-9,18H2,1H3. The average molecular weight is 287 g/mol. The predicted molar refractivity (Wildman–Crippen MR) is 73.5 cm³/mol. The van der Waals surface area contributed by atoms with E-state index in [0.29, 0.717) is 18.5 Å². The lowest BCUT2D eigenvalue weighted by molar-refractivity contribution is -0.138. The molecule has 0 aliphatic carbocycles. The van der Waals surface area contributed by atoms with Crippen LogP contribution in [0.2, 0.25) is 0 Å². The van der Waals surface area contributed by atoms with E-state index in [1.54, 1.807) is 0 Å². The molecule has 1 aliphatic rings. The minimum atomic E-state index is -4.34. The van der Waals surface area contributed by atoms with E-state index in [1.807, 2.05) is 0 Å². The first-order chi connectivity index (χ1) is 9.36. The Morgan fingerprint density at radius 3 is 2.40 bits per heavy atom. The van der Waals surface area contributed by atoms with Crippen molar-refractivity contribution in [3.63, 3.8) is 0 Å². The van der Waals surface area contributed by atoms with Gasteiger partial charge in [0.2, 0.25) is 0 Å². The summed E-state index contributed by atoms with van der Waals surface area (Å²) in [7, 11) is 2.05. The van der Waals surface area contributed by atoms with Crippen molar-refractivity contribution < 1.29 is 13.2 Å². The van der Waals surface area contributed by atoms with Crippen molar-refractivity contribution in [2.75, 3.05) is 45.5 Å². The monoisotopic (exact) mass is 287 g/mol. The minimum absolute atomic E-state index is 0.153. The second-order valence-electron chi connectivity index (χ2n) is 5.31. The smallest absolute Gasteiger partial charge is 0.399 e. The molecule has 1 aromatic rings. The van der Waals surface area contributed by atoms with Gasteiger partial charge in [-0.25, -0.2) is 0 Å². The maximum atomic E-state index is 13.0. The van der Waals surface area contributed by atoms with E-state index in [1.165, 1.54) is 12.1 Å². The summed E-state index contributed by atoms with van der Waals surface area (Å²) >= 11 is 0. The third-order valence-corrected chi connectivity index (χ3v) is 3.73. The molecule has 0 amide bonds. The Morgan fingerprint density at radius 1 is 1.15 bits per heavy atom. The van der Waals surface area contributed by atoms with E-state index < -0.39 is 11.7 Å². The number of nitrogen functional groups attached to an aromatic ring is 1. The molecule has 112 valence electrons. The second kappa shape index (κ2) is 6.01. The quantitative estimate of drug-likeness (QED) is 0.864. The first-order valence-electron chi connectivity index (χ1n) is 6.73. The molecule has 1 fully saturated rings. The van der Waals surface area contributed by atoms with Crippen molar-refractivity contribution in [3.8, 4) is 0 Å². The summed E-state index contributed by atoms with van der Waals surface area (Å²) in [4.78, 5) is 4.43. The Balaban J connectivity index is 2.02. The predicted octanol–water partition coefficient (Wildman–Crippen LogP) is 2.08. The summed E-state index contributed by atoms with van der Waals surface area (Å²) < 4.78 is 38.9. The van der Waals surface area contributed by atoms with Gasteiger partial charge in [0.25, 0.3) is 0 Å². The van der Waals surface area contributed by atoms with Crippen molar-refractivity contribution in [1.82, 2.24) is 9.80 Å². The molecule has 0 unspecified atom stereocenters. The number of halogens is 3. The summed E-state index contributed by atoms with van der Waals surface area (Å²) in [6, 6.07) is 4.06. The third kappa shape index (κ3) is 3.86. The summed E-state index contributed by atoms with van der Waals surface area (Å²) in [6.45, 7) is 4.40. The summed E-state index contributed by atoms with van der Waals surface area (Å²) in [5.74, 6) is 0. The van der Waals surface area contributed by atoms with E-state index in [9.17, 15) is 13.2 Å². The molecule has 0 aromatic heterocycles. The Kier molecular flexibility index (Phi) is 4.55. The maximum Gasteiger partial charge on any atom is 0.416 e. The molecule has 6 heteroatoms. The third-order valence-electron chi connectivity index (χ3n) is 3.73. The fourth-order valence-corrected chi connectivity index (χ4v) is 2.43. The average Bonchev–Trinajstić information content (AvgIpc) is 2.38. The van der Waals surface area contributed by atoms with Gasteiger partial charge in [0.15, 0.2) is 0 Å².